The summed E-state index contributed by atoms with van der Waals surface area (Å²) >= 11 is 0. The molecule has 1 aliphatic rings. The van der Waals surface area contributed by atoms with Crippen LogP contribution >= 0.6 is 0 Å². The fourth-order valence-electron chi connectivity index (χ4n) is 3.18. The molecule has 0 saturated carbocycles. The Labute approximate surface area is 177 Å². The highest BCUT2D eigenvalue weighted by Gasteiger charge is 2.29. The molecule has 0 spiro atoms. The van der Waals surface area contributed by atoms with Gasteiger partial charge in [0.1, 0.15) is 10.7 Å². The molecule has 0 radical (unpaired) electrons. The van der Waals surface area contributed by atoms with Gasteiger partial charge in [0.25, 0.3) is 10.0 Å². The van der Waals surface area contributed by atoms with E-state index in [1.54, 1.807) is 12.1 Å². The summed E-state index contributed by atoms with van der Waals surface area (Å²) in [4.78, 5) is -0.534. The predicted octanol–water partition coefficient (Wildman–Crippen LogP) is 2.85. The lowest BCUT2D eigenvalue weighted by atomic mass is 10.0. The van der Waals surface area contributed by atoms with Gasteiger partial charge >= 0.3 is 0 Å². The van der Waals surface area contributed by atoms with Gasteiger partial charge in [0.05, 0.1) is 23.8 Å². The standard InChI is InChI=1S/C20H25FN2O5S2/c1-15(2)13-16-3-6-18(7-4-16)29(24,25)22-17-5-8-19(21)20(14-17)30(26,27)23-9-11-28-12-10-23/h3-8,14-15,22H,9-13H2,1-2H3. The quantitative estimate of drug-likeness (QED) is 0.692. The Kier molecular flexibility index (Phi) is 6.81. The molecule has 0 aromatic heterocycles. The lowest BCUT2D eigenvalue weighted by molar-refractivity contribution is 0.0729. The highest BCUT2D eigenvalue weighted by atomic mass is 32.2. The molecule has 1 N–H and O–H groups in total. The van der Waals surface area contributed by atoms with Crippen molar-refractivity contribution in [2.45, 2.75) is 30.1 Å². The number of ether oxygens (including phenoxy) is 1. The molecule has 0 aliphatic carbocycles. The maximum atomic E-state index is 14.3. The molecule has 10 heteroatoms. The Bertz CT molecular complexity index is 1090. The summed E-state index contributed by atoms with van der Waals surface area (Å²) in [5, 5.41) is 0. The van der Waals surface area contributed by atoms with Gasteiger partial charge in [-0.05, 0) is 48.2 Å². The third-order valence-corrected chi connectivity index (χ3v) is 7.96. The second-order valence-electron chi connectivity index (χ2n) is 7.51. The van der Waals surface area contributed by atoms with Crippen molar-refractivity contribution in [3.05, 3.63) is 53.8 Å². The smallest absolute Gasteiger partial charge is 0.261 e. The molecule has 0 unspecified atom stereocenters. The van der Waals surface area contributed by atoms with Gasteiger partial charge < -0.3 is 4.74 Å². The molecule has 1 aliphatic heterocycles. The highest BCUT2D eigenvalue weighted by molar-refractivity contribution is 7.92. The largest absolute Gasteiger partial charge is 0.379 e. The van der Waals surface area contributed by atoms with Crippen LogP contribution in [0.15, 0.2) is 52.3 Å². The number of rotatable bonds is 7. The average molecular weight is 457 g/mol. The van der Waals surface area contributed by atoms with E-state index < -0.39 is 30.8 Å². The summed E-state index contributed by atoms with van der Waals surface area (Å²) in [6, 6.07) is 9.62. The number of nitrogens with zero attached hydrogens (tertiary/aromatic N) is 1. The number of anilines is 1. The number of benzene rings is 2. The van der Waals surface area contributed by atoms with Crippen LogP contribution in [0.5, 0.6) is 0 Å². The first-order valence-corrected chi connectivity index (χ1v) is 12.5. The summed E-state index contributed by atoms with van der Waals surface area (Å²) in [6.45, 7) is 4.81. The molecular weight excluding hydrogens is 431 g/mol. The minimum atomic E-state index is -4.11. The zero-order chi connectivity index (χ0) is 21.9. The molecule has 7 nitrogen and oxygen atoms in total. The molecule has 1 fully saturated rings. The third kappa shape index (κ3) is 5.18. The fraction of sp³-hybridized carbons (Fsp3) is 0.400. The van der Waals surface area contributed by atoms with E-state index in [-0.39, 0.29) is 36.9 Å². The van der Waals surface area contributed by atoms with Crippen LogP contribution in [0.4, 0.5) is 10.1 Å². The van der Waals surface area contributed by atoms with Crippen LogP contribution in [0.1, 0.15) is 19.4 Å². The van der Waals surface area contributed by atoms with Gasteiger partial charge in [-0.3, -0.25) is 4.72 Å². The van der Waals surface area contributed by atoms with Crippen molar-refractivity contribution in [1.29, 1.82) is 0 Å². The third-order valence-electron chi connectivity index (χ3n) is 4.65. The van der Waals surface area contributed by atoms with Crippen molar-refractivity contribution >= 4 is 25.7 Å². The van der Waals surface area contributed by atoms with Crippen LogP contribution in [-0.2, 0) is 31.2 Å². The minimum absolute atomic E-state index is 0.0329. The monoisotopic (exact) mass is 456 g/mol. The SMILES string of the molecule is CC(C)Cc1ccc(S(=O)(=O)Nc2ccc(F)c(S(=O)(=O)N3CCOCC3)c2)cc1. The molecule has 3 rings (SSSR count). The molecule has 164 valence electrons. The second kappa shape index (κ2) is 9.01. The summed E-state index contributed by atoms with van der Waals surface area (Å²) < 4.78 is 73.9. The topological polar surface area (TPSA) is 92.8 Å². The highest BCUT2D eigenvalue weighted by Crippen LogP contribution is 2.25. The van der Waals surface area contributed by atoms with E-state index in [0.29, 0.717) is 5.92 Å². The number of halogens is 1. The second-order valence-corrected chi connectivity index (χ2v) is 11.1. The Morgan fingerprint density at radius 3 is 2.27 bits per heavy atom. The van der Waals surface area contributed by atoms with Gasteiger partial charge in [-0.25, -0.2) is 21.2 Å². The maximum Gasteiger partial charge on any atom is 0.261 e. The summed E-state index contributed by atoms with van der Waals surface area (Å²) in [5.74, 6) is -0.501. The first-order chi connectivity index (χ1) is 14.1. The van der Waals surface area contributed by atoms with Crippen LogP contribution in [0.2, 0.25) is 0 Å². The Balaban J connectivity index is 1.85. The van der Waals surface area contributed by atoms with Crippen LogP contribution in [0.25, 0.3) is 0 Å². The number of hydrogen-bond donors (Lipinski definition) is 1. The number of nitrogens with one attached hydrogen (secondary N) is 1. The van der Waals surface area contributed by atoms with E-state index in [4.69, 9.17) is 4.74 Å². The van der Waals surface area contributed by atoms with Crippen molar-refractivity contribution in [3.8, 4) is 0 Å². The first-order valence-electron chi connectivity index (χ1n) is 9.59. The molecule has 0 atom stereocenters. The summed E-state index contributed by atoms with van der Waals surface area (Å²) in [6.07, 6.45) is 0.828. The van der Waals surface area contributed by atoms with E-state index in [2.05, 4.69) is 18.6 Å². The van der Waals surface area contributed by atoms with Crippen LogP contribution in [0, 0.1) is 11.7 Å². The molecule has 1 heterocycles. The van der Waals surface area contributed by atoms with Gasteiger partial charge in [0.15, 0.2) is 0 Å². The van der Waals surface area contributed by atoms with Crippen LogP contribution in [-0.4, -0.2) is 47.4 Å². The van der Waals surface area contributed by atoms with Crippen LogP contribution in [0.3, 0.4) is 0 Å². The normalized spacial score (nSPS) is 16.0. The number of hydrogen-bond acceptors (Lipinski definition) is 5. The van der Waals surface area contributed by atoms with E-state index in [1.165, 1.54) is 18.2 Å². The summed E-state index contributed by atoms with van der Waals surface area (Å²) in [7, 11) is -8.07. The van der Waals surface area contributed by atoms with E-state index in [0.717, 1.165) is 28.4 Å². The van der Waals surface area contributed by atoms with Gasteiger partial charge in [-0.2, -0.15) is 4.31 Å². The van der Waals surface area contributed by atoms with Gasteiger partial charge in [-0.15, -0.1) is 0 Å². The van der Waals surface area contributed by atoms with E-state index in [9.17, 15) is 21.2 Å². The number of sulfonamides is 2. The predicted molar refractivity (Wildman–Crippen MR) is 112 cm³/mol. The molecule has 1 saturated heterocycles. The average Bonchev–Trinajstić information content (AvgIpc) is 2.70. The molecule has 0 amide bonds. The number of morpholine rings is 1. The van der Waals surface area contributed by atoms with E-state index >= 15 is 0 Å². The lowest BCUT2D eigenvalue weighted by Gasteiger charge is -2.26. The molecule has 2 aromatic carbocycles. The fourth-order valence-corrected chi connectivity index (χ4v) is 5.73. The van der Waals surface area contributed by atoms with Crippen LogP contribution < -0.4 is 4.72 Å². The van der Waals surface area contributed by atoms with Crippen molar-refractivity contribution in [2.24, 2.45) is 5.92 Å². The van der Waals surface area contributed by atoms with Gasteiger partial charge in [0.2, 0.25) is 10.0 Å². The van der Waals surface area contributed by atoms with Crippen molar-refractivity contribution in [3.63, 3.8) is 0 Å². The zero-order valence-corrected chi connectivity index (χ0v) is 18.5. The van der Waals surface area contributed by atoms with E-state index in [1.807, 2.05) is 0 Å². The zero-order valence-electron chi connectivity index (χ0n) is 16.8. The van der Waals surface area contributed by atoms with Crippen molar-refractivity contribution in [1.82, 2.24) is 4.31 Å². The summed E-state index contributed by atoms with van der Waals surface area (Å²) in [5.41, 5.74) is 0.985. The van der Waals surface area contributed by atoms with Gasteiger partial charge in [0, 0.05) is 13.1 Å². The van der Waals surface area contributed by atoms with Crippen molar-refractivity contribution in [2.75, 3.05) is 31.0 Å². The minimum Gasteiger partial charge on any atom is -0.379 e. The van der Waals surface area contributed by atoms with Crippen molar-refractivity contribution < 1.29 is 26.0 Å². The Morgan fingerprint density at radius 2 is 1.67 bits per heavy atom. The first kappa shape index (κ1) is 22.7. The Hall–Kier alpha value is -2.01. The molecule has 30 heavy (non-hydrogen) atoms. The maximum absolute atomic E-state index is 14.3. The lowest BCUT2D eigenvalue weighted by Crippen LogP contribution is -2.40. The van der Waals surface area contributed by atoms with Gasteiger partial charge in [-0.1, -0.05) is 26.0 Å². The molecule has 2 aromatic rings. The molecular formula is C20H25FN2O5S2. The molecule has 0 bridgehead atoms. The Morgan fingerprint density at radius 1 is 1.03 bits per heavy atom.